The van der Waals surface area contributed by atoms with Crippen molar-refractivity contribution < 1.29 is 10.0 Å². The van der Waals surface area contributed by atoms with Crippen LogP contribution < -0.4 is 5.73 Å². The molecule has 1 heterocycles. The van der Waals surface area contributed by atoms with Gasteiger partial charge >= 0.3 is 0 Å². The lowest BCUT2D eigenvalue weighted by molar-refractivity contribution is 0.0797. The van der Waals surface area contributed by atoms with E-state index in [1.54, 1.807) is 47.5 Å². The van der Waals surface area contributed by atoms with Crippen LogP contribution in [0.3, 0.4) is 0 Å². The van der Waals surface area contributed by atoms with Crippen LogP contribution in [0.25, 0.3) is 0 Å². The summed E-state index contributed by atoms with van der Waals surface area (Å²) in [5.41, 5.74) is 6.65. The third kappa shape index (κ3) is 3.82. The first kappa shape index (κ1) is 15.1. The van der Waals surface area contributed by atoms with Crippen molar-refractivity contribution in [2.75, 3.05) is 13.6 Å². The predicted octanol–water partition coefficient (Wildman–Crippen LogP) is 2.16. The van der Waals surface area contributed by atoms with Gasteiger partial charge in [-0.1, -0.05) is 23.4 Å². The highest BCUT2D eigenvalue weighted by Gasteiger charge is 2.12. The quantitative estimate of drug-likeness (QED) is 0.384. The first-order valence-corrected chi connectivity index (χ1v) is 7.35. The number of amides is 1. The van der Waals surface area contributed by atoms with Crippen molar-refractivity contribution in [1.29, 1.82) is 0 Å². The van der Waals surface area contributed by atoms with Crippen LogP contribution in [-0.2, 0) is 6.42 Å². The minimum atomic E-state index is -0.0439. The Morgan fingerprint density at radius 1 is 1.29 bits per heavy atom. The SMILES string of the molecule is CN(CCc1cccs1)C(=O)c1ccc(C(N)=NO)cc1. The van der Waals surface area contributed by atoms with Crippen LogP contribution >= 0.6 is 11.3 Å². The zero-order valence-corrected chi connectivity index (χ0v) is 12.5. The van der Waals surface area contributed by atoms with Crippen molar-refractivity contribution in [2.24, 2.45) is 10.9 Å². The van der Waals surface area contributed by atoms with Crippen molar-refractivity contribution in [2.45, 2.75) is 6.42 Å². The van der Waals surface area contributed by atoms with Gasteiger partial charge in [0.2, 0.25) is 0 Å². The molecule has 0 saturated heterocycles. The standard InChI is InChI=1S/C15H17N3O2S/c1-18(9-8-13-3-2-10-21-13)15(19)12-6-4-11(5-7-12)14(16)17-20/h2-7,10,20H,8-9H2,1H3,(H2,16,17). The number of hydrogen-bond acceptors (Lipinski definition) is 4. The number of rotatable bonds is 5. The van der Waals surface area contributed by atoms with Crippen LogP contribution in [0, 0.1) is 0 Å². The number of oxime groups is 1. The summed E-state index contributed by atoms with van der Waals surface area (Å²) in [5, 5.41) is 13.6. The number of carbonyl (C=O) groups is 1. The van der Waals surface area contributed by atoms with E-state index in [-0.39, 0.29) is 11.7 Å². The molecule has 0 aliphatic carbocycles. The lowest BCUT2D eigenvalue weighted by Crippen LogP contribution is -2.28. The number of nitrogens with two attached hydrogens (primary N) is 1. The second-order valence-electron chi connectivity index (χ2n) is 4.62. The topological polar surface area (TPSA) is 78.9 Å². The number of hydrogen-bond donors (Lipinski definition) is 2. The number of likely N-dealkylation sites (N-methyl/N-ethyl adjacent to an activating group) is 1. The number of amidine groups is 1. The van der Waals surface area contributed by atoms with E-state index in [9.17, 15) is 4.79 Å². The van der Waals surface area contributed by atoms with Crippen LogP contribution in [0.4, 0.5) is 0 Å². The Morgan fingerprint density at radius 3 is 2.52 bits per heavy atom. The lowest BCUT2D eigenvalue weighted by atomic mass is 10.1. The van der Waals surface area contributed by atoms with Gasteiger partial charge in [-0.15, -0.1) is 11.3 Å². The molecular formula is C15H17N3O2S. The summed E-state index contributed by atoms with van der Waals surface area (Å²) in [4.78, 5) is 15.2. The summed E-state index contributed by atoms with van der Waals surface area (Å²) in [6.45, 7) is 0.668. The molecule has 2 aromatic rings. The second-order valence-corrected chi connectivity index (χ2v) is 5.65. The molecule has 1 amide bonds. The molecule has 0 radical (unpaired) electrons. The highest BCUT2D eigenvalue weighted by molar-refractivity contribution is 7.09. The summed E-state index contributed by atoms with van der Waals surface area (Å²) in [6, 6.07) is 10.8. The van der Waals surface area contributed by atoms with E-state index in [1.165, 1.54) is 4.88 Å². The van der Waals surface area contributed by atoms with Gasteiger partial charge < -0.3 is 15.8 Å². The average Bonchev–Trinajstić information content (AvgIpc) is 3.04. The smallest absolute Gasteiger partial charge is 0.253 e. The molecule has 0 aliphatic rings. The molecule has 0 bridgehead atoms. The fourth-order valence-electron chi connectivity index (χ4n) is 1.90. The van der Waals surface area contributed by atoms with Gasteiger partial charge in [0.15, 0.2) is 5.84 Å². The zero-order chi connectivity index (χ0) is 15.2. The number of nitrogens with zero attached hydrogens (tertiary/aromatic N) is 2. The molecule has 0 fully saturated rings. The van der Waals surface area contributed by atoms with E-state index in [2.05, 4.69) is 11.2 Å². The molecule has 21 heavy (non-hydrogen) atoms. The minimum Gasteiger partial charge on any atom is -0.409 e. The summed E-state index contributed by atoms with van der Waals surface area (Å²) >= 11 is 1.69. The van der Waals surface area contributed by atoms with Crippen molar-refractivity contribution in [3.63, 3.8) is 0 Å². The third-order valence-corrected chi connectivity index (χ3v) is 4.09. The van der Waals surface area contributed by atoms with E-state index in [0.29, 0.717) is 17.7 Å². The molecule has 5 nitrogen and oxygen atoms in total. The third-order valence-electron chi connectivity index (χ3n) is 3.16. The molecule has 6 heteroatoms. The predicted molar refractivity (Wildman–Crippen MR) is 83.9 cm³/mol. The zero-order valence-electron chi connectivity index (χ0n) is 11.7. The highest BCUT2D eigenvalue weighted by Crippen LogP contribution is 2.11. The van der Waals surface area contributed by atoms with E-state index < -0.39 is 0 Å². The van der Waals surface area contributed by atoms with Gasteiger partial charge in [-0.2, -0.15) is 0 Å². The average molecular weight is 303 g/mol. The Kier molecular flexibility index (Phi) is 4.94. The van der Waals surface area contributed by atoms with Crippen LogP contribution in [0.5, 0.6) is 0 Å². The van der Waals surface area contributed by atoms with Gasteiger partial charge in [-0.05, 0) is 30.0 Å². The maximum Gasteiger partial charge on any atom is 0.253 e. The van der Waals surface area contributed by atoms with Crippen LogP contribution in [0.1, 0.15) is 20.8 Å². The van der Waals surface area contributed by atoms with Crippen molar-refractivity contribution in [3.8, 4) is 0 Å². The van der Waals surface area contributed by atoms with Crippen molar-refractivity contribution in [3.05, 3.63) is 57.8 Å². The van der Waals surface area contributed by atoms with Crippen LogP contribution in [-0.4, -0.2) is 35.4 Å². The van der Waals surface area contributed by atoms with Gasteiger partial charge in [0.1, 0.15) is 0 Å². The van der Waals surface area contributed by atoms with Crippen LogP contribution in [0.15, 0.2) is 46.9 Å². The number of thiophene rings is 1. The molecule has 0 spiro atoms. The molecule has 0 saturated carbocycles. The molecule has 0 atom stereocenters. The van der Waals surface area contributed by atoms with Crippen molar-refractivity contribution >= 4 is 23.1 Å². The van der Waals surface area contributed by atoms with Gasteiger partial charge in [0, 0.05) is 29.6 Å². The van der Waals surface area contributed by atoms with E-state index >= 15 is 0 Å². The highest BCUT2D eigenvalue weighted by atomic mass is 32.1. The normalized spacial score (nSPS) is 11.4. The van der Waals surface area contributed by atoms with Crippen molar-refractivity contribution in [1.82, 2.24) is 4.90 Å². The summed E-state index contributed by atoms with van der Waals surface area (Å²) < 4.78 is 0. The van der Waals surface area contributed by atoms with Gasteiger partial charge in [0.25, 0.3) is 5.91 Å². The number of carbonyl (C=O) groups excluding carboxylic acids is 1. The molecule has 3 N–H and O–H groups in total. The Labute approximate surface area is 127 Å². The number of benzene rings is 1. The van der Waals surface area contributed by atoms with Gasteiger partial charge in [0.05, 0.1) is 0 Å². The fourth-order valence-corrected chi connectivity index (χ4v) is 2.59. The van der Waals surface area contributed by atoms with Crippen LogP contribution in [0.2, 0.25) is 0 Å². The summed E-state index contributed by atoms with van der Waals surface area (Å²) in [7, 11) is 1.79. The molecular weight excluding hydrogens is 286 g/mol. The maximum atomic E-state index is 12.3. The lowest BCUT2D eigenvalue weighted by Gasteiger charge is -2.17. The Bertz CT molecular complexity index is 621. The molecule has 2 rings (SSSR count). The van der Waals surface area contributed by atoms with E-state index in [4.69, 9.17) is 10.9 Å². The minimum absolute atomic E-state index is 0.0278. The van der Waals surface area contributed by atoms with E-state index in [1.807, 2.05) is 11.4 Å². The maximum absolute atomic E-state index is 12.3. The van der Waals surface area contributed by atoms with Gasteiger partial charge in [-0.3, -0.25) is 4.79 Å². The molecule has 110 valence electrons. The molecule has 0 unspecified atom stereocenters. The fraction of sp³-hybridized carbons (Fsp3) is 0.200. The van der Waals surface area contributed by atoms with Gasteiger partial charge in [-0.25, -0.2) is 0 Å². The monoisotopic (exact) mass is 303 g/mol. The molecule has 0 aliphatic heterocycles. The first-order chi connectivity index (χ1) is 10.1. The van der Waals surface area contributed by atoms with E-state index in [0.717, 1.165) is 6.42 Å². The molecule has 1 aromatic carbocycles. The summed E-state index contributed by atoms with van der Waals surface area (Å²) in [5.74, 6) is -0.0161. The Hall–Kier alpha value is -2.34. The first-order valence-electron chi connectivity index (χ1n) is 6.47. The Morgan fingerprint density at radius 2 is 1.95 bits per heavy atom. The largest absolute Gasteiger partial charge is 0.409 e. The molecule has 1 aromatic heterocycles. The summed E-state index contributed by atoms with van der Waals surface area (Å²) in [6.07, 6.45) is 0.849. The second kappa shape index (κ2) is 6.90. The Balaban J connectivity index is 1.98.